The Hall–Kier alpha value is -4.68. The molecule has 2 aromatic carbocycles. The van der Waals surface area contributed by atoms with Crippen LogP contribution in [0.3, 0.4) is 0 Å². The summed E-state index contributed by atoms with van der Waals surface area (Å²) in [5.41, 5.74) is 1.14. The van der Waals surface area contributed by atoms with Gasteiger partial charge in [-0.1, -0.05) is 60.7 Å². The van der Waals surface area contributed by atoms with Crippen molar-refractivity contribution in [1.29, 1.82) is 0 Å². The van der Waals surface area contributed by atoms with Crippen molar-refractivity contribution in [3.8, 4) is 10.6 Å². The maximum Gasteiger partial charge on any atom is 0.265 e. The fraction of sp³-hybridized carbons (Fsp3) is 0.361. The molecule has 2 aliphatic rings. The number of hydrogen-bond donors (Lipinski definition) is 1. The number of thiazole rings is 1. The van der Waals surface area contributed by atoms with Crippen LogP contribution in [0.15, 0.2) is 78.0 Å². The van der Waals surface area contributed by atoms with Crippen molar-refractivity contribution in [1.82, 2.24) is 28.9 Å². The average molecular weight is 669 g/mol. The second kappa shape index (κ2) is 12.7. The molecule has 2 atom stereocenters. The van der Waals surface area contributed by atoms with Gasteiger partial charge in [0, 0.05) is 56.8 Å². The summed E-state index contributed by atoms with van der Waals surface area (Å²) in [6.45, 7) is 3.32. The number of piperidine rings is 2. The number of rotatable bonds is 6. The van der Waals surface area contributed by atoms with Gasteiger partial charge < -0.3 is 19.5 Å². The number of aromatic nitrogens is 4. The van der Waals surface area contributed by atoms with Crippen LogP contribution in [0.25, 0.3) is 21.6 Å². The maximum absolute atomic E-state index is 14.4. The van der Waals surface area contributed by atoms with E-state index < -0.39 is 17.0 Å². The summed E-state index contributed by atoms with van der Waals surface area (Å²) in [6, 6.07) is 19.7. The van der Waals surface area contributed by atoms with E-state index in [1.54, 1.807) is 11.9 Å². The molecule has 1 N–H and O–H groups in total. The molecule has 0 spiro atoms. The fourth-order valence-electron chi connectivity index (χ4n) is 7.13. The van der Waals surface area contributed by atoms with E-state index in [2.05, 4.69) is 9.97 Å². The van der Waals surface area contributed by atoms with Crippen LogP contribution >= 0.6 is 11.3 Å². The van der Waals surface area contributed by atoms with E-state index in [1.165, 1.54) is 33.0 Å². The first kappa shape index (κ1) is 31.9. The Morgan fingerprint density at radius 2 is 1.71 bits per heavy atom. The summed E-state index contributed by atoms with van der Waals surface area (Å²) in [5, 5.41) is 12.2. The normalized spacial score (nSPS) is 19.5. The molecule has 0 unspecified atom stereocenters. The van der Waals surface area contributed by atoms with E-state index in [-0.39, 0.29) is 54.1 Å². The summed E-state index contributed by atoms with van der Waals surface area (Å²) in [7, 11) is 1.62. The van der Waals surface area contributed by atoms with Gasteiger partial charge in [0.25, 0.3) is 11.5 Å². The summed E-state index contributed by atoms with van der Waals surface area (Å²) in [6.07, 6.45) is 3.60. The molecule has 5 aromatic rings. The minimum atomic E-state index is -1.25. The predicted molar refractivity (Wildman–Crippen MR) is 181 cm³/mol. The van der Waals surface area contributed by atoms with Crippen LogP contribution in [-0.2, 0) is 18.4 Å². The van der Waals surface area contributed by atoms with E-state index in [4.69, 9.17) is 0 Å². The van der Waals surface area contributed by atoms with Crippen LogP contribution in [0.1, 0.15) is 46.1 Å². The molecular weight excluding hydrogens is 631 g/mol. The molecule has 2 fully saturated rings. The van der Waals surface area contributed by atoms with E-state index in [1.807, 2.05) is 72.5 Å². The summed E-state index contributed by atoms with van der Waals surface area (Å²) < 4.78 is 17.1. The first-order chi connectivity index (χ1) is 23.1. The van der Waals surface area contributed by atoms with Crippen LogP contribution in [-0.4, -0.2) is 77.6 Å². The van der Waals surface area contributed by atoms with Gasteiger partial charge in [-0.15, -0.1) is 11.3 Å². The minimum Gasteiger partial charge on any atom is -0.388 e. The van der Waals surface area contributed by atoms with Crippen molar-refractivity contribution < 1.29 is 19.1 Å². The highest BCUT2D eigenvalue weighted by molar-refractivity contribution is 7.17. The lowest BCUT2D eigenvalue weighted by Crippen LogP contribution is -2.53. The molecule has 48 heavy (non-hydrogen) atoms. The third-order valence-electron chi connectivity index (χ3n) is 9.82. The molecule has 12 heteroatoms. The topological polar surface area (TPSA) is 114 Å². The van der Waals surface area contributed by atoms with Gasteiger partial charge in [-0.2, -0.15) is 0 Å². The number of carbonyl (C=O) groups is 2. The first-order valence-corrected chi connectivity index (χ1v) is 17.0. The molecule has 10 nitrogen and oxygen atoms in total. The number of likely N-dealkylation sites (tertiary alicyclic amines) is 2. The number of aryl methyl sites for hydroxylation is 2. The lowest BCUT2D eigenvalue weighted by molar-refractivity contribution is -0.142. The largest absolute Gasteiger partial charge is 0.388 e. The van der Waals surface area contributed by atoms with Gasteiger partial charge in [0.1, 0.15) is 27.2 Å². The van der Waals surface area contributed by atoms with Crippen LogP contribution in [0.4, 0.5) is 4.39 Å². The summed E-state index contributed by atoms with van der Waals surface area (Å²) in [5.74, 6) is -1.24. The molecule has 2 amide bonds. The molecule has 0 radical (unpaired) electrons. The van der Waals surface area contributed by atoms with Crippen molar-refractivity contribution in [2.24, 2.45) is 13.0 Å². The molecule has 0 aliphatic carbocycles. The zero-order valence-corrected chi connectivity index (χ0v) is 27.7. The van der Waals surface area contributed by atoms with Crippen LogP contribution in [0, 0.1) is 18.7 Å². The Morgan fingerprint density at radius 1 is 1.02 bits per heavy atom. The summed E-state index contributed by atoms with van der Waals surface area (Å²) in [4.78, 5) is 54.2. The molecule has 3 aromatic heterocycles. The number of halogens is 1. The Bertz CT molecular complexity index is 2030. The van der Waals surface area contributed by atoms with Gasteiger partial charge in [0.15, 0.2) is 5.82 Å². The zero-order valence-electron chi connectivity index (χ0n) is 26.9. The molecule has 5 heterocycles. The quantitative estimate of drug-likeness (QED) is 0.283. The molecule has 248 valence electrons. The molecular formula is C36H37FN6O4S. The number of benzene rings is 2. The SMILES string of the molecule is Cc1nc(-c2ccccc2)sc1C(=O)N1CC[C@@H](C(=O)N2CCC(O)(Cn3cnc4c(c(F)cn4C)c3=O)CC2)[C@H](c2ccccc2)C1. The Kier molecular flexibility index (Phi) is 8.46. The molecule has 2 aliphatic heterocycles. The van der Waals surface area contributed by atoms with Gasteiger partial charge in [0.2, 0.25) is 5.91 Å². The third-order valence-corrected chi connectivity index (χ3v) is 11.0. The van der Waals surface area contributed by atoms with Crippen molar-refractivity contribution in [3.63, 3.8) is 0 Å². The van der Waals surface area contributed by atoms with E-state index in [0.717, 1.165) is 16.1 Å². The van der Waals surface area contributed by atoms with E-state index >= 15 is 0 Å². The van der Waals surface area contributed by atoms with E-state index in [0.29, 0.717) is 43.2 Å². The van der Waals surface area contributed by atoms with Crippen LogP contribution < -0.4 is 5.56 Å². The number of hydrogen-bond acceptors (Lipinski definition) is 7. The number of aliphatic hydroxyl groups is 1. The predicted octanol–water partition coefficient (Wildman–Crippen LogP) is 4.61. The highest BCUT2D eigenvalue weighted by Crippen LogP contribution is 2.37. The zero-order chi connectivity index (χ0) is 33.6. The van der Waals surface area contributed by atoms with Crippen LogP contribution in [0.5, 0.6) is 0 Å². The standard InChI is InChI=1S/C36H37FN6O4S/c1-23-30(48-32(39-23)25-11-7-4-8-12-25)35(46)42-16-13-26(27(19-42)24-9-5-3-6-10-24)33(44)41-17-14-36(47,15-18-41)21-43-22-38-31-29(34(43)45)28(37)20-40(31)2/h3-12,20,22,26-27,47H,13-19,21H2,1-2H3/t26-,27+/m1/s1. The smallest absolute Gasteiger partial charge is 0.265 e. The molecule has 0 saturated carbocycles. The molecule has 7 rings (SSSR count). The van der Waals surface area contributed by atoms with Gasteiger partial charge >= 0.3 is 0 Å². The third kappa shape index (κ3) is 5.94. The Morgan fingerprint density at radius 3 is 2.42 bits per heavy atom. The van der Waals surface area contributed by atoms with Crippen molar-refractivity contribution in [2.75, 3.05) is 26.2 Å². The lowest BCUT2D eigenvalue weighted by atomic mass is 9.79. The lowest BCUT2D eigenvalue weighted by Gasteiger charge is -2.43. The second-order valence-corrected chi connectivity index (χ2v) is 14.0. The fourth-order valence-corrected chi connectivity index (χ4v) is 8.17. The van der Waals surface area contributed by atoms with Gasteiger partial charge in [-0.3, -0.25) is 19.0 Å². The molecule has 2 saturated heterocycles. The van der Waals surface area contributed by atoms with Gasteiger partial charge in [-0.05, 0) is 31.7 Å². The van der Waals surface area contributed by atoms with Crippen molar-refractivity contribution in [3.05, 3.63) is 105 Å². The highest BCUT2D eigenvalue weighted by Gasteiger charge is 2.42. The van der Waals surface area contributed by atoms with Gasteiger partial charge in [0.05, 0.1) is 17.8 Å². The Labute approximate surface area is 281 Å². The van der Waals surface area contributed by atoms with Crippen molar-refractivity contribution >= 4 is 34.2 Å². The van der Waals surface area contributed by atoms with Crippen molar-refractivity contribution in [2.45, 2.75) is 44.2 Å². The first-order valence-electron chi connectivity index (χ1n) is 16.2. The minimum absolute atomic E-state index is 0.00458. The summed E-state index contributed by atoms with van der Waals surface area (Å²) >= 11 is 1.40. The van der Waals surface area contributed by atoms with Gasteiger partial charge in [-0.25, -0.2) is 14.4 Å². The number of fused-ring (bicyclic) bond motifs is 1. The maximum atomic E-state index is 14.4. The highest BCUT2D eigenvalue weighted by atomic mass is 32.1. The number of nitrogens with zero attached hydrogens (tertiary/aromatic N) is 6. The van der Waals surface area contributed by atoms with Crippen LogP contribution in [0.2, 0.25) is 0 Å². The second-order valence-electron chi connectivity index (χ2n) is 13.0. The average Bonchev–Trinajstić information content (AvgIpc) is 3.64. The number of amides is 2. The van der Waals surface area contributed by atoms with E-state index in [9.17, 15) is 23.9 Å². The molecule has 0 bridgehead atoms. The number of carbonyl (C=O) groups excluding carboxylic acids is 2. The monoisotopic (exact) mass is 668 g/mol. The Balaban J connectivity index is 1.05.